The summed E-state index contributed by atoms with van der Waals surface area (Å²) in [5.74, 6) is -0.190. The van der Waals surface area contributed by atoms with E-state index in [1.165, 1.54) is 18.3 Å². The van der Waals surface area contributed by atoms with Crippen molar-refractivity contribution in [2.75, 3.05) is 5.32 Å². The lowest BCUT2D eigenvalue weighted by Crippen LogP contribution is -2.15. The second-order valence-corrected chi connectivity index (χ2v) is 8.14. The van der Waals surface area contributed by atoms with Gasteiger partial charge in [-0.25, -0.2) is 14.2 Å². The Balaban J connectivity index is 2.24. The van der Waals surface area contributed by atoms with E-state index in [0.29, 0.717) is 5.69 Å². The average Bonchev–Trinajstić information content (AvgIpc) is 2.60. The number of aliphatic hydroxyl groups is 1. The van der Waals surface area contributed by atoms with Gasteiger partial charge in [0.05, 0.1) is 5.60 Å². The monoisotopic (exact) mass is 384 g/mol. The molecule has 5 heteroatoms. The predicted octanol–water partition coefficient (Wildman–Crippen LogP) is 5.95. The van der Waals surface area contributed by atoms with Crippen LogP contribution in [0.3, 0.4) is 0 Å². The van der Waals surface area contributed by atoms with E-state index < -0.39 is 11.6 Å². The minimum atomic E-state index is -0.921. The van der Waals surface area contributed by atoms with Crippen LogP contribution in [0.1, 0.15) is 75.6 Å². The van der Waals surface area contributed by atoms with Gasteiger partial charge in [-0.3, -0.25) is 0 Å². The Morgan fingerprint density at radius 2 is 1.57 bits per heavy atom. The molecule has 2 aromatic rings. The number of nitrogens with zero attached hydrogens (tertiary/aromatic N) is 1. The van der Waals surface area contributed by atoms with Crippen LogP contribution in [0.15, 0.2) is 41.4 Å². The van der Waals surface area contributed by atoms with Crippen molar-refractivity contribution in [3.05, 3.63) is 64.5 Å². The van der Waals surface area contributed by atoms with Crippen molar-refractivity contribution < 1.29 is 14.3 Å². The zero-order valence-electron chi connectivity index (χ0n) is 17.4. The van der Waals surface area contributed by atoms with E-state index in [9.17, 15) is 14.3 Å². The normalized spacial score (nSPS) is 12.2. The lowest BCUT2D eigenvalue weighted by atomic mass is 9.92. The molecule has 0 saturated carbocycles. The summed E-state index contributed by atoms with van der Waals surface area (Å²) >= 11 is 0. The van der Waals surface area contributed by atoms with Gasteiger partial charge < -0.3 is 10.4 Å². The van der Waals surface area contributed by atoms with Crippen LogP contribution in [0.5, 0.6) is 0 Å². The Morgan fingerprint density at radius 1 is 1.07 bits per heavy atom. The smallest absolute Gasteiger partial charge is 0.345 e. The first-order chi connectivity index (χ1) is 13.0. The summed E-state index contributed by atoms with van der Waals surface area (Å²) in [5, 5.41) is 12.8. The van der Waals surface area contributed by atoms with Gasteiger partial charge >= 0.3 is 6.03 Å². The van der Waals surface area contributed by atoms with E-state index in [1.54, 1.807) is 38.1 Å². The molecule has 0 aliphatic carbocycles. The van der Waals surface area contributed by atoms with Crippen LogP contribution in [-0.4, -0.2) is 17.4 Å². The van der Waals surface area contributed by atoms with E-state index in [1.807, 2.05) is 27.7 Å². The van der Waals surface area contributed by atoms with Crippen LogP contribution >= 0.6 is 0 Å². The summed E-state index contributed by atoms with van der Waals surface area (Å²) in [6.07, 6.45) is 1.47. The zero-order valence-corrected chi connectivity index (χ0v) is 17.4. The number of anilines is 1. The highest BCUT2D eigenvalue weighted by Gasteiger charge is 2.18. The van der Waals surface area contributed by atoms with Crippen molar-refractivity contribution >= 4 is 17.9 Å². The van der Waals surface area contributed by atoms with E-state index in [0.717, 1.165) is 22.3 Å². The fraction of sp³-hybridized carbons (Fsp3) is 0.391. The molecular weight excluding hydrogens is 355 g/mol. The number of nitrogens with one attached hydrogen (secondary N) is 1. The molecule has 2 amide bonds. The van der Waals surface area contributed by atoms with Gasteiger partial charge in [0, 0.05) is 11.9 Å². The second kappa shape index (κ2) is 8.65. The number of urea groups is 1. The van der Waals surface area contributed by atoms with Crippen LogP contribution < -0.4 is 5.32 Å². The van der Waals surface area contributed by atoms with Crippen molar-refractivity contribution in [3.63, 3.8) is 0 Å². The lowest BCUT2D eigenvalue weighted by Gasteiger charge is -2.19. The number of carbonyl (C=O) groups is 1. The minimum absolute atomic E-state index is 0.0573. The molecule has 2 rings (SSSR count). The van der Waals surface area contributed by atoms with Crippen LogP contribution in [0.2, 0.25) is 0 Å². The summed E-state index contributed by atoms with van der Waals surface area (Å²) in [5.41, 5.74) is 2.74. The van der Waals surface area contributed by atoms with Crippen molar-refractivity contribution in [2.45, 2.75) is 59.0 Å². The number of benzene rings is 2. The van der Waals surface area contributed by atoms with E-state index in [2.05, 4.69) is 10.3 Å². The highest BCUT2D eigenvalue weighted by Crippen LogP contribution is 2.33. The molecule has 0 aliphatic rings. The van der Waals surface area contributed by atoms with E-state index in [4.69, 9.17) is 0 Å². The number of carbonyl (C=O) groups excluding carboxylic acids is 1. The number of aliphatic imine (C=N–C) groups is 1. The molecule has 0 unspecified atom stereocenters. The summed E-state index contributed by atoms with van der Waals surface area (Å²) in [7, 11) is 0. The zero-order chi connectivity index (χ0) is 21.1. The maximum absolute atomic E-state index is 14.0. The molecular formula is C23H29FN2O2. The van der Waals surface area contributed by atoms with Gasteiger partial charge in [-0.1, -0.05) is 52.0 Å². The highest BCUT2D eigenvalue weighted by molar-refractivity contribution is 5.99. The number of halogens is 1. The third kappa shape index (κ3) is 5.49. The average molecular weight is 384 g/mol. The van der Waals surface area contributed by atoms with Gasteiger partial charge in [0.1, 0.15) is 5.82 Å². The third-order valence-corrected chi connectivity index (χ3v) is 4.59. The maximum atomic E-state index is 14.0. The maximum Gasteiger partial charge on any atom is 0.345 e. The molecule has 0 fully saturated rings. The van der Waals surface area contributed by atoms with Crippen LogP contribution in [0.25, 0.3) is 0 Å². The van der Waals surface area contributed by atoms with Gasteiger partial charge in [0.25, 0.3) is 0 Å². The molecule has 0 spiro atoms. The predicted molar refractivity (Wildman–Crippen MR) is 113 cm³/mol. The first-order valence-electron chi connectivity index (χ1n) is 9.50. The van der Waals surface area contributed by atoms with Gasteiger partial charge in [-0.2, -0.15) is 0 Å². The van der Waals surface area contributed by atoms with E-state index >= 15 is 0 Å². The first-order valence-corrected chi connectivity index (χ1v) is 9.50. The number of hydrogen-bond acceptors (Lipinski definition) is 2. The molecule has 150 valence electrons. The summed E-state index contributed by atoms with van der Waals surface area (Å²) < 4.78 is 14.0. The lowest BCUT2D eigenvalue weighted by molar-refractivity contribution is 0.0786. The standard InChI is InChI=1S/C23H29FN2O2/c1-14(2)19-11-18(24)12-20(15(3)4)21(19)26-22(27)25-13-16-7-9-17(10-8-16)23(5,6)28/h7-15,28H,1-6H3,(H,26,27). The van der Waals surface area contributed by atoms with E-state index in [-0.39, 0.29) is 17.7 Å². The van der Waals surface area contributed by atoms with Crippen molar-refractivity contribution in [3.8, 4) is 0 Å². The quantitative estimate of drug-likeness (QED) is 0.626. The van der Waals surface area contributed by atoms with Crippen LogP contribution in [-0.2, 0) is 5.60 Å². The fourth-order valence-electron chi connectivity index (χ4n) is 2.95. The molecule has 0 radical (unpaired) electrons. The van der Waals surface area contributed by atoms with Crippen molar-refractivity contribution in [2.24, 2.45) is 4.99 Å². The molecule has 2 N–H and O–H groups in total. The van der Waals surface area contributed by atoms with Crippen molar-refractivity contribution in [1.29, 1.82) is 0 Å². The third-order valence-electron chi connectivity index (χ3n) is 4.59. The number of rotatable bonds is 5. The van der Waals surface area contributed by atoms with Crippen LogP contribution in [0.4, 0.5) is 14.9 Å². The summed E-state index contributed by atoms with van der Waals surface area (Å²) in [4.78, 5) is 16.4. The highest BCUT2D eigenvalue weighted by atomic mass is 19.1. The summed E-state index contributed by atoms with van der Waals surface area (Å²) in [6, 6.07) is 9.60. The number of amides is 2. The van der Waals surface area contributed by atoms with Gasteiger partial charge in [0.2, 0.25) is 0 Å². The SMILES string of the molecule is CC(C)c1cc(F)cc(C(C)C)c1NC(=O)N=Cc1ccc(C(C)(C)O)cc1. The molecule has 0 aromatic heterocycles. The van der Waals surface area contributed by atoms with Crippen LogP contribution in [0, 0.1) is 5.82 Å². The topological polar surface area (TPSA) is 61.7 Å². The summed E-state index contributed by atoms with van der Waals surface area (Å²) in [6.45, 7) is 11.3. The molecule has 28 heavy (non-hydrogen) atoms. The Kier molecular flexibility index (Phi) is 6.73. The molecule has 4 nitrogen and oxygen atoms in total. The number of hydrogen-bond donors (Lipinski definition) is 2. The van der Waals surface area contributed by atoms with Gasteiger partial charge in [-0.15, -0.1) is 0 Å². The fourth-order valence-corrected chi connectivity index (χ4v) is 2.95. The minimum Gasteiger partial charge on any atom is -0.386 e. The Labute approximate surface area is 166 Å². The molecule has 0 aliphatic heterocycles. The Hall–Kier alpha value is -2.53. The van der Waals surface area contributed by atoms with Gasteiger partial charge in [-0.05, 0) is 60.1 Å². The van der Waals surface area contributed by atoms with Crippen molar-refractivity contribution in [1.82, 2.24) is 0 Å². The molecule has 0 atom stereocenters. The first kappa shape index (κ1) is 21.8. The Bertz CT molecular complexity index is 834. The molecule has 0 bridgehead atoms. The largest absolute Gasteiger partial charge is 0.386 e. The Morgan fingerprint density at radius 3 is 2.00 bits per heavy atom. The second-order valence-electron chi connectivity index (χ2n) is 8.14. The molecule has 2 aromatic carbocycles. The molecule has 0 saturated heterocycles. The molecule has 0 heterocycles. The van der Waals surface area contributed by atoms with Gasteiger partial charge in [0.15, 0.2) is 0 Å².